The number of hydrogen-bond acceptors (Lipinski definition) is 2. The maximum Gasteiger partial charge on any atom is 0.202 e. The molecule has 0 radical (unpaired) electrons. The number of hydrogen-bond donors (Lipinski definition) is 1. The van der Waals surface area contributed by atoms with Crippen molar-refractivity contribution in [2.45, 2.75) is 89.6 Å². The van der Waals surface area contributed by atoms with Crippen LogP contribution in [0, 0.1) is 0 Å². The van der Waals surface area contributed by atoms with E-state index in [-0.39, 0.29) is 5.72 Å². The molecule has 0 bridgehead atoms. The molecule has 2 N–H and O–H groups in total. The Balaban J connectivity index is 2.97. The minimum Gasteiger partial charge on any atom is -0.399 e. The highest BCUT2D eigenvalue weighted by Gasteiger charge is 2.50. The zero-order valence-electron chi connectivity index (χ0n) is 12.5. The van der Waals surface area contributed by atoms with Crippen molar-refractivity contribution in [2.24, 2.45) is 5.73 Å². The summed E-state index contributed by atoms with van der Waals surface area (Å²) < 4.78 is 6.69. The summed E-state index contributed by atoms with van der Waals surface area (Å²) in [5.41, 5.74) is 8.04. The van der Waals surface area contributed by atoms with Crippen LogP contribution in [0.5, 0.6) is 0 Å². The molecule has 0 atom stereocenters. The molecule has 1 aliphatic rings. The first kappa shape index (κ1) is 15.2. The van der Waals surface area contributed by atoms with Crippen molar-refractivity contribution in [1.82, 2.24) is 0 Å². The van der Waals surface area contributed by atoms with Gasteiger partial charge in [0.05, 0.1) is 0 Å². The lowest BCUT2D eigenvalue weighted by atomic mass is 10.2. The summed E-state index contributed by atoms with van der Waals surface area (Å²) in [6.45, 7) is 13.9. The average Bonchev–Trinajstić information content (AvgIpc) is 2.60. The Kier molecular flexibility index (Phi) is 4.84. The van der Waals surface area contributed by atoms with Gasteiger partial charge in [-0.15, -0.1) is 0 Å². The van der Waals surface area contributed by atoms with Gasteiger partial charge < -0.3 is 10.2 Å². The fourth-order valence-corrected chi connectivity index (χ4v) is 9.40. The molecular weight excluding hydrogens is 226 g/mol. The van der Waals surface area contributed by atoms with E-state index in [2.05, 4.69) is 41.5 Å². The molecule has 2 nitrogen and oxygen atoms in total. The monoisotopic (exact) mass is 257 g/mol. The van der Waals surface area contributed by atoms with Gasteiger partial charge in [0.25, 0.3) is 0 Å². The zero-order chi connectivity index (χ0) is 13.3. The third-order valence-electron chi connectivity index (χ3n) is 4.54. The van der Waals surface area contributed by atoms with Gasteiger partial charge in [-0.2, -0.15) is 0 Å². The first-order chi connectivity index (χ1) is 7.74. The van der Waals surface area contributed by atoms with Crippen molar-refractivity contribution >= 4 is 8.32 Å². The lowest BCUT2D eigenvalue weighted by Crippen LogP contribution is -2.57. The van der Waals surface area contributed by atoms with E-state index in [1.807, 2.05) is 0 Å². The van der Waals surface area contributed by atoms with Crippen LogP contribution in [0.1, 0.15) is 67.2 Å². The normalized spacial score (nSPS) is 20.8. The van der Waals surface area contributed by atoms with Crippen molar-refractivity contribution in [3.8, 4) is 0 Å². The number of nitrogens with two attached hydrogens (primary N) is 1. The van der Waals surface area contributed by atoms with Gasteiger partial charge in [0.15, 0.2) is 0 Å². The Hall–Kier alpha value is 0.137. The highest BCUT2D eigenvalue weighted by Crippen LogP contribution is 2.46. The molecule has 1 saturated carbocycles. The Bertz CT molecular complexity index is 223. The molecule has 0 saturated heterocycles. The fourth-order valence-electron chi connectivity index (χ4n) is 3.78. The fraction of sp³-hybridized carbons (Fsp3) is 1.00. The van der Waals surface area contributed by atoms with Crippen LogP contribution >= 0.6 is 0 Å². The summed E-state index contributed by atoms with van der Waals surface area (Å²) in [6.07, 6.45) is 4.56. The molecule has 0 unspecified atom stereocenters. The van der Waals surface area contributed by atoms with E-state index in [4.69, 9.17) is 10.2 Å². The minimum atomic E-state index is -1.79. The van der Waals surface area contributed by atoms with Crippen LogP contribution in [0.4, 0.5) is 0 Å². The van der Waals surface area contributed by atoms with Crippen LogP contribution in [0.15, 0.2) is 0 Å². The third kappa shape index (κ3) is 2.94. The van der Waals surface area contributed by atoms with Gasteiger partial charge in [-0.25, -0.2) is 0 Å². The molecule has 0 amide bonds. The van der Waals surface area contributed by atoms with Crippen LogP contribution < -0.4 is 5.73 Å². The lowest BCUT2D eigenvalue weighted by Gasteiger charge is -2.47. The van der Waals surface area contributed by atoms with Gasteiger partial charge in [0.2, 0.25) is 8.32 Å². The molecule has 0 aliphatic heterocycles. The van der Waals surface area contributed by atoms with E-state index in [1.54, 1.807) is 0 Å². The Morgan fingerprint density at radius 3 is 1.53 bits per heavy atom. The van der Waals surface area contributed by atoms with Crippen LogP contribution in [0.3, 0.4) is 0 Å². The van der Waals surface area contributed by atoms with Gasteiger partial charge >= 0.3 is 0 Å². The van der Waals surface area contributed by atoms with Crippen LogP contribution in [-0.4, -0.2) is 14.0 Å². The smallest absolute Gasteiger partial charge is 0.202 e. The zero-order valence-corrected chi connectivity index (χ0v) is 13.5. The van der Waals surface area contributed by atoms with E-state index < -0.39 is 8.32 Å². The lowest BCUT2D eigenvalue weighted by molar-refractivity contribution is 0.0618. The second-order valence-corrected chi connectivity index (χ2v) is 12.1. The topological polar surface area (TPSA) is 35.2 Å². The highest BCUT2D eigenvalue weighted by molar-refractivity contribution is 6.77. The standard InChI is InChI=1S/C14H31NOSi/c1-11(2)17(12(3)4,13(5)6)16-14(15)9-7-8-10-14/h11-13H,7-10,15H2,1-6H3. The molecule has 3 heteroatoms. The largest absolute Gasteiger partial charge is 0.399 e. The molecule has 0 aromatic rings. The molecule has 0 aromatic carbocycles. The van der Waals surface area contributed by atoms with Crippen LogP contribution in [0.25, 0.3) is 0 Å². The second kappa shape index (κ2) is 5.41. The molecule has 0 heterocycles. The Labute approximate surface area is 108 Å². The van der Waals surface area contributed by atoms with E-state index in [0.717, 1.165) is 12.8 Å². The molecule has 1 fully saturated rings. The average molecular weight is 257 g/mol. The van der Waals surface area contributed by atoms with Crippen molar-refractivity contribution in [3.63, 3.8) is 0 Å². The molecule has 0 spiro atoms. The van der Waals surface area contributed by atoms with Crippen molar-refractivity contribution in [2.75, 3.05) is 0 Å². The van der Waals surface area contributed by atoms with Gasteiger partial charge in [-0.3, -0.25) is 0 Å². The molecule has 102 valence electrons. The van der Waals surface area contributed by atoms with Gasteiger partial charge in [0, 0.05) is 0 Å². The Morgan fingerprint density at radius 1 is 0.882 bits per heavy atom. The summed E-state index contributed by atoms with van der Waals surface area (Å²) in [5, 5.41) is 0. The predicted octanol–water partition coefficient (Wildman–Crippen LogP) is 4.41. The quantitative estimate of drug-likeness (QED) is 0.585. The van der Waals surface area contributed by atoms with Gasteiger partial charge in [-0.1, -0.05) is 41.5 Å². The molecule has 1 rings (SSSR count). The first-order valence-corrected chi connectivity index (χ1v) is 9.37. The van der Waals surface area contributed by atoms with Crippen molar-refractivity contribution in [3.05, 3.63) is 0 Å². The molecule has 0 aromatic heterocycles. The van der Waals surface area contributed by atoms with E-state index in [1.165, 1.54) is 12.8 Å². The van der Waals surface area contributed by atoms with E-state index in [9.17, 15) is 0 Å². The number of rotatable bonds is 5. The van der Waals surface area contributed by atoms with Crippen LogP contribution in [0.2, 0.25) is 16.6 Å². The first-order valence-electron chi connectivity index (χ1n) is 7.23. The summed E-state index contributed by atoms with van der Waals surface area (Å²) in [7, 11) is -1.79. The van der Waals surface area contributed by atoms with Crippen LogP contribution in [-0.2, 0) is 4.43 Å². The maximum atomic E-state index is 6.69. The van der Waals surface area contributed by atoms with E-state index >= 15 is 0 Å². The highest BCUT2D eigenvalue weighted by atomic mass is 28.4. The van der Waals surface area contributed by atoms with Gasteiger partial charge in [0.1, 0.15) is 5.72 Å². The second-order valence-electron chi connectivity index (χ2n) is 6.69. The summed E-state index contributed by atoms with van der Waals surface area (Å²) in [4.78, 5) is 0. The maximum absolute atomic E-state index is 6.69. The summed E-state index contributed by atoms with van der Waals surface area (Å²) in [6, 6.07) is 0. The molecular formula is C14H31NOSi. The van der Waals surface area contributed by atoms with Gasteiger partial charge in [-0.05, 0) is 42.3 Å². The third-order valence-corrected chi connectivity index (χ3v) is 10.7. The predicted molar refractivity (Wildman–Crippen MR) is 77.5 cm³/mol. The Morgan fingerprint density at radius 2 is 1.24 bits per heavy atom. The van der Waals surface area contributed by atoms with Crippen molar-refractivity contribution < 1.29 is 4.43 Å². The minimum absolute atomic E-state index is 0.314. The van der Waals surface area contributed by atoms with Crippen molar-refractivity contribution in [1.29, 1.82) is 0 Å². The van der Waals surface area contributed by atoms with E-state index in [0.29, 0.717) is 16.6 Å². The summed E-state index contributed by atoms with van der Waals surface area (Å²) >= 11 is 0. The molecule has 17 heavy (non-hydrogen) atoms. The SMILES string of the molecule is CC(C)[Si](OC1(N)CCCC1)(C(C)C)C(C)C. The molecule has 1 aliphatic carbocycles. The summed E-state index contributed by atoms with van der Waals surface area (Å²) in [5.74, 6) is 0.